The normalized spacial score (nSPS) is 18.6. The van der Waals surface area contributed by atoms with Crippen molar-refractivity contribution in [2.24, 2.45) is 5.73 Å². The Morgan fingerprint density at radius 3 is 2.50 bits per heavy atom. The van der Waals surface area contributed by atoms with Crippen LogP contribution in [0.2, 0.25) is 0 Å². The second-order valence-electron chi connectivity index (χ2n) is 5.56. The summed E-state index contributed by atoms with van der Waals surface area (Å²) in [5, 5.41) is 9.03. The predicted octanol–water partition coefficient (Wildman–Crippen LogP) is 1.66. The highest BCUT2D eigenvalue weighted by molar-refractivity contribution is 5.77. The highest BCUT2D eigenvalue weighted by Crippen LogP contribution is 2.29. The van der Waals surface area contributed by atoms with Gasteiger partial charge in [0.05, 0.1) is 6.61 Å². The highest BCUT2D eigenvalue weighted by atomic mass is 16.3. The van der Waals surface area contributed by atoms with Gasteiger partial charge in [0, 0.05) is 25.0 Å². The Kier molecular flexibility index (Phi) is 6.65. The van der Waals surface area contributed by atoms with Crippen LogP contribution in [-0.4, -0.2) is 41.1 Å². The first kappa shape index (κ1) is 15.4. The molecule has 1 fully saturated rings. The van der Waals surface area contributed by atoms with Crippen LogP contribution in [0.25, 0.3) is 0 Å². The number of hydrogen-bond acceptors (Lipinski definition) is 3. The zero-order chi connectivity index (χ0) is 13.4. The van der Waals surface area contributed by atoms with Crippen LogP contribution in [0.4, 0.5) is 0 Å². The van der Waals surface area contributed by atoms with E-state index in [1.54, 1.807) is 4.90 Å². The fourth-order valence-electron chi connectivity index (χ4n) is 2.68. The molecule has 0 aromatic rings. The lowest BCUT2D eigenvalue weighted by Crippen LogP contribution is -2.47. The van der Waals surface area contributed by atoms with E-state index in [4.69, 9.17) is 10.8 Å². The summed E-state index contributed by atoms with van der Waals surface area (Å²) >= 11 is 0. The van der Waals surface area contributed by atoms with Gasteiger partial charge in [-0.15, -0.1) is 0 Å². The number of amides is 1. The number of nitrogens with zero attached hydrogens (tertiary/aromatic N) is 1. The molecule has 0 radical (unpaired) electrons. The number of unbranched alkanes of at least 4 members (excludes halogenated alkanes) is 1. The zero-order valence-corrected chi connectivity index (χ0v) is 11.7. The first-order chi connectivity index (χ1) is 8.61. The smallest absolute Gasteiger partial charge is 0.224 e. The van der Waals surface area contributed by atoms with Crippen LogP contribution < -0.4 is 5.73 Å². The Balaban J connectivity index is 2.48. The van der Waals surface area contributed by atoms with Gasteiger partial charge < -0.3 is 15.7 Å². The molecule has 4 heteroatoms. The van der Waals surface area contributed by atoms with E-state index in [0.717, 1.165) is 45.1 Å². The third-order valence-corrected chi connectivity index (χ3v) is 3.86. The molecule has 0 bridgehead atoms. The molecule has 0 aromatic heterocycles. The molecule has 0 aromatic carbocycles. The van der Waals surface area contributed by atoms with Crippen molar-refractivity contribution >= 4 is 5.91 Å². The van der Waals surface area contributed by atoms with Crippen molar-refractivity contribution in [2.45, 2.75) is 63.8 Å². The Labute approximate surface area is 111 Å². The van der Waals surface area contributed by atoms with Crippen LogP contribution in [-0.2, 0) is 4.79 Å². The lowest BCUT2D eigenvalue weighted by atomic mass is 9.80. The number of nitrogens with two attached hydrogens (primary N) is 1. The zero-order valence-electron chi connectivity index (χ0n) is 11.7. The molecule has 1 amide bonds. The van der Waals surface area contributed by atoms with Crippen LogP contribution in [0.15, 0.2) is 0 Å². The van der Waals surface area contributed by atoms with Crippen LogP contribution in [0.3, 0.4) is 0 Å². The lowest BCUT2D eigenvalue weighted by molar-refractivity contribution is -0.133. The maximum absolute atomic E-state index is 12.2. The van der Waals surface area contributed by atoms with Gasteiger partial charge in [-0.2, -0.15) is 0 Å². The van der Waals surface area contributed by atoms with Gasteiger partial charge in [0.1, 0.15) is 0 Å². The minimum atomic E-state index is -0.296. The molecule has 1 aliphatic rings. The monoisotopic (exact) mass is 256 g/mol. The van der Waals surface area contributed by atoms with E-state index in [9.17, 15) is 4.79 Å². The summed E-state index contributed by atoms with van der Waals surface area (Å²) in [4.78, 5) is 14.0. The molecule has 1 aliphatic carbocycles. The summed E-state index contributed by atoms with van der Waals surface area (Å²) in [6.45, 7) is 3.32. The van der Waals surface area contributed by atoms with Gasteiger partial charge in [-0.1, -0.05) is 32.6 Å². The number of aliphatic hydroxyl groups excluding tert-OH is 1. The molecule has 0 heterocycles. The Morgan fingerprint density at radius 1 is 1.28 bits per heavy atom. The minimum Gasteiger partial charge on any atom is -0.395 e. The Morgan fingerprint density at radius 2 is 1.94 bits per heavy atom. The van der Waals surface area contributed by atoms with Crippen LogP contribution >= 0.6 is 0 Å². The molecule has 0 atom stereocenters. The number of aliphatic hydroxyl groups is 1. The maximum atomic E-state index is 12.2. The van der Waals surface area contributed by atoms with Crippen molar-refractivity contribution in [3.63, 3.8) is 0 Å². The molecule has 106 valence electrons. The summed E-state index contributed by atoms with van der Waals surface area (Å²) in [7, 11) is 0. The van der Waals surface area contributed by atoms with Crippen LogP contribution in [0, 0.1) is 0 Å². The molecular formula is C14H28N2O2. The van der Waals surface area contributed by atoms with E-state index >= 15 is 0 Å². The predicted molar refractivity (Wildman–Crippen MR) is 73.2 cm³/mol. The summed E-state index contributed by atoms with van der Waals surface area (Å²) in [6.07, 6.45) is 7.92. The van der Waals surface area contributed by atoms with Gasteiger partial charge in [-0.3, -0.25) is 4.79 Å². The number of rotatable bonds is 7. The van der Waals surface area contributed by atoms with E-state index in [2.05, 4.69) is 6.92 Å². The summed E-state index contributed by atoms with van der Waals surface area (Å²) in [5.41, 5.74) is 6.02. The van der Waals surface area contributed by atoms with E-state index in [1.165, 1.54) is 6.42 Å². The van der Waals surface area contributed by atoms with E-state index < -0.39 is 0 Å². The largest absolute Gasteiger partial charge is 0.395 e. The lowest BCUT2D eigenvalue weighted by Gasteiger charge is -2.34. The van der Waals surface area contributed by atoms with Gasteiger partial charge in [0.25, 0.3) is 0 Å². The molecule has 0 spiro atoms. The fourth-order valence-corrected chi connectivity index (χ4v) is 2.68. The average molecular weight is 256 g/mol. The van der Waals surface area contributed by atoms with Gasteiger partial charge in [0.15, 0.2) is 0 Å². The fraction of sp³-hybridized carbons (Fsp3) is 0.929. The standard InChI is InChI=1S/C14H28N2O2/c1-2-3-9-16(10-11-17)13(18)12-14(15)7-5-4-6-8-14/h17H,2-12,15H2,1H3. The van der Waals surface area contributed by atoms with Crippen molar-refractivity contribution in [3.05, 3.63) is 0 Å². The van der Waals surface area contributed by atoms with E-state index in [1.807, 2.05) is 0 Å². The second-order valence-corrected chi connectivity index (χ2v) is 5.56. The van der Waals surface area contributed by atoms with Crippen molar-refractivity contribution in [3.8, 4) is 0 Å². The van der Waals surface area contributed by atoms with Crippen molar-refractivity contribution in [2.75, 3.05) is 19.7 Å². The van der Waals surface area contributed by atoms with Crippen LogP contribution in [0.5, 0.6) is 0 Å². The molecule has 1 rings (SSSR count). The third-order valence-electron chi connectivity index (χ3n) is 3.86. The van der Waals surface area contributed by atoms with Crippen molar-refractivity contribution < 1.29 is 9.90 Å². The maximum Gasteiger partial charge on any atom is 0.224 e. The first-order valence-electron chi connectivity index (χ1n) is 7.29. The average Bonchev–Trinajstić information content (AvgIpc) is 2.34. The summed E-state index contributed by atoms with van der Waals surface area (Å²) in [5.74, 6) is 0.113. The van der Waals surface area contributed by atoms with Gasteiger partial charge in [-0.05, 0) is 19.3 Å². The first-order valence-corrected chi connectivity index (χ1v) is 7.29. The van der Waals surface area contributed by atoms with Crippen LogP contribution in [0.1, 0.15) is 58.3 Å². The molecule has 1 saturated carbocycles. The number of carbonyl (C=O) groups excluding carboxylic acids is 1. The quantitative estimate of drug-likeness (QED) is 0.728. The van der Waals surface area contributed by atoms with Crippen molar-refractivity contribution in [1.29, 1.82) is 0 Å². The summed E-state index contributed by atoms with van der Waals surface area (Å²) in [6, 6.07) is 0. The molecule has 0 saturated heterocycles. The van der Waals surface area contributed by atoms with E-state index in [0.29, 0.717) is 13.0 Å². The number of carbonyl (C=O) groups is 1. The second kappa shape index (κ2) is 7.74. The summed E-state index contributed by atoms with van der Waals surface area (Å²) < 4.78 is 0. The Bertz CT molecular complexity index is 250. The Hall–Kier alpha value is -0.610. The molecule has 4 nitrogen and oxygen atoms in total. The van der Waals surface area contributed by atoms with Gasteiger partial charge in [-0.25, -0.2) is 0 Å². The third kappa shape index (κ3) is 4.94. The molecule has 0 unspecified atom stereocenters. The van der Waals surface area contributed by atoms with Crippen molar-refractivity contribution in [1.82, 2.24) is 4.90 Å². The topological polar surface area (TPSA) is 66.6 Å². The molecule has 18 heavy (non-hydrogen) atoms. The molecule has 3 N–H and O–H groups in total. The molecular weight excluding hydrogens is 228 g/mol. The number of hydrogen-bond donors (Lipinski definition) is 2. The highest BCUT2D eigenvalue weighted by Gasteiger charge is 2.31. The van der Waals surface area contributed by atoms with Gasteiger partial charge in [0.2, 0.25) is 5.91 Å². The van der Waals surface area contributed by atoms with Gasteiger partial charge >= 0.3 is 0 Å². The van der Waals surface area contributed by atoms with E-state index in [-0.39, 0.29) is 18.1 Å². The minimum absolute atomic E-state index is 0.0347. The molecule has 0 aliphatic heterocycles. The SMILES string of the molecule is CCCCN(CCO)C(=O)CC1(N)CCCCC1.